The van der Waals surface area contributed by atoms with Gasteiger partial charge in [-0.3, -0.25) is 10.1 Å². The molecule has 1 aromatic carbocycles. The van der Waals surface area contributed by atoms with Crippen molar-refractivity contribution >= 4 is 5.97 Å². The summed E-state index contributed by atoms with van der Waals surface area (Å²) in [7, 11) is 0. The van der Waals surface area contributed by atoms with Gasteiger partial charge in [0.2, 0.25) is 0 Å². The van der Waals surface area contributed by atoms with Gasteiger partial charge in [-0.15, -0.1) is 0 Å². The second kappa shape index (κ2) is 7.17. The molecule has 3 nitrogen and oxygen atoms in total. The van der Waals surface area contributed by atoms with E-state index in [1.807, 2.05) is 6.92 Å². The topological polar surface area (TPSA) is 49.3 Å². The number of hydrogen-bond acceptors (Lipinski definition) is 2. The summed E-state index contributed by atoms with van der Waals surface area (Å²) in [6.07, 6.45) is 3.53. The van der Waals surface area contributed by atoms with Crippen molar-refractivity contribution in [1.82, 2.24) is 5.32 Å². The van der Waals surface area contributed by atoms with Crippen molar-refractivity contribution in [3.63, 3.8) is 0 Å². The zero-order valence-corrected chi connectivity index (χ0v) is 11.4. The Morgan fingerprint density at radius 1 is 1.28 bits per heavy atom. The van der Waals surface area contributed by atoms with Crippen LogP contribution in [0.5, 0.6) is 0 Å². The lowest BCUT2D eigenvalue weighted by molar-refractivity contribution is -0.139. The molecule has 0 fully saturated rings. The average Bonchev–Trinajstić information content (AvgIpc) is 2.36. The number of carboxylic acids is 1. The SMILES string of the molecule is CCCCc1ccc(C(C)NC(C)C(=O)O)cc1. The van der Waals surface area contributed by atoms with E-state index in [4.69, 9.17) is 5.11 Å². The molecule has 0 heterocycles. The number of aliphatic carboxylic acids is 1. The van der Waals surface area contributed by atoms with E-state index in [9.17, 15) is 4.79 Å². The van der Waals surface area contributed by atoms with E-state index < -0.39 is 12.0 Å². The molecule has 0 aromatic heterocycles. The second-order valence-electron chi connectivity index (χ2n) is 4.79. The minimum atomic E-state index is -0.818. The summed E-state index contributed by atoms with van der Waals surface area (Å²) in [5.74, 6) is -0.818. The minimum Gasteiger partial charge on any atom is -0.480 e. The Hall–Kier alpha value is -1.35. The van der Waals surface area contributed by atoms with Gasteiger partial charge < -0.3 is 5.11 Å². The van der Waals surface area contributed by atoms with E-state index in [1.165, 1.54) is 18.4 Å². The molecule has 18 heavy (non-hydrogen) atoms. The van der Waals surface area contributed by atoms with Crippen LogP contribution in [-0.4, -0.2) is 17.1 Å². The minimum absolute atomic E-state index is 0.0522. The zero-order valence-electron chi connectivity index (χ0n) is 11.4. The monoisotopic (exact) mass is 249 g/mol. The number of aryl methyl sites for hydroxylation is 1. The molecule has 0 aliphatic rings. The van der Waals surface area contributed by atoms with Gasteiger partial charge in [0, 0.05) is 6.04 Å². The van der Waals surface area contributed by atoms with Gasteiger partial charge in [-0.05, 0) is 37.8 Å². The number of carboxylic acid groups (broad SMARTS) is 1. The van der Waals surface area contributed by atoms with Gasteiger partial charge in [-0.25, -0.2) is 0 Å². The van der Waals surface area contributed by atoms with Crippen molar-refractivity contribution in [3.05, 3.63) is 35.4 Å². The van der Waals surface area contributed by atoms with Gasteiger partial charge in [-0.2, -0.15) is 0 Å². The molecule has 1 rings (SSSR count). The molecule has 0 saturated carbocycles. The molecule has 100 valence electrons. The normalized spacial score (nSPS) is 14.2. The van der Waals surface area contributed by atoms with E-state index in [-0.39, 0.29) is 6.04 Å². The first-order chi connectivity index (χ1) is 8.54. The predicted octanol–water partition coefficient (Wildman–Crippen LogP) is 3.15. The Morgan fingerprint density at radius 3 is 2.39 bits per heavy atom. The van der Waals surface area contributed by atoms with Crippen molar-refractivity contribution in [2.75, 3.05) is 0 Å². The average molecular weight is 249 g/mol. The predicted molar refractivity (Wildman–Crippen MR) is 73.7 cm³/mol. The summed E-state index contributed by atoms with van der Waals surface area (Å²) in [6.45, 7) is 5.84. The molecule has 3 heteroatoms. The number of hydrogen-bond donors (Lipinski definition) is 2. The maximum atomic E-state index is 10.8. The lowest BCUT2D eigenvalue weighted by Gasteiger charge is -2.17. The highest BCUT2D eigenvalue weighted by atomic mass is 16.4. The summed E-state index contributed by atoms with van der Waals surface area (Å²) in [6, 6.07) is 7.95. The van der Waals surface area contributed by atoms with Crippen LogP contribution < -0.4 is 5.32 Å². The summed E-state index contributed by atoms with van der Waals surface area (Å²) in [4.78, 5) is 10.8. The fourth-order valence-corrected chi connectivity index (χ4v) is 1.90. The molecule has 2 unspecified atom stereocenters. The van der Waals surface area contributed by atoms with Crippen molar-refractivity contribution in [2.24, 2.45) is 0 Å². The summed E-state index contributed by atoms with van der Waals surface area (Å²) >= 11 is 0. The van der Waals surface area contributed by atoms with Crippen molar-refractivity contribution in [3.8, 4) is 0 Å². The van der Waals surface area contributed by atoms with E-state index in [2.05, 4.69) is 36.5 Å². The fraction of sp³-hybridized carbons (Fsp3) is 0.533. The standard InChI is InChI=1S/C15H23NO2/c1-4-5-6-13-7-9-14(10-8-13)11(2)16-12(3)15(17)18/h7-12,16H,4-6H2,1-3H3,(H,17,18). The highest BCUT2D eigenvalue weighted by Crippen LogP contribution is 2.15. The Morgan fingerprint density at radius 2 is 1.89 bits per heavy atom. The molecule has 0 aliphatic carbocycles. The molecular formula is C15H23NO2. The van der Waals surface area contributed by atoms with Crippen LogP contribution in [0.3, 0.4) is 0 Å². The molecule has 2 atom stereocenters. The van der Waals surface area contributed by atoms with Gasteiger partial charge in [0.15, 0.2) is 0 Å². The van der Waals surface area contributed by atoms with Crippen molar-refractivity contribution in [1.29, 1.82) is 0 Å². The van der Waals surface area contributed by atoms with Crippen LogP contribution in [0.1, 0.15) is 50.8 Å². The Bertz CT molecular complexity index is 373. The lowest BCUT2D eigenvalue weighted by Crippen LogP contribution is -2.35. The van der Waals surface area contributed by atoms with Crippen LogP contribution in [0, 0.1) is 0 Å². The molecule has 0 bridgehead atoms. The first-order valence-corrected chi connectivity index (χ1v) is 6.62. The molecule has 0 radical (unpaired) electrons. The Labute approximate surface area is 109 Å². The third-order valence-corrected chi connectivity index (χ3v) is 3.17. The summed E-state index contributed by atoms with van der Waals surface area (Å²) in [5, 5.41) is 11.9. The highest BCUT2D eigenvalue weighted by Gasteiger charge is 2.14. The Balaban J connectivity index is 2.58. The molecule has 0 aliphatic heterocycles. The number of benzene rings is 1. The van der Waals surface area contributed by atoms with Crippen LogP contribution in [0.2, 0.25) is 0 Å². The van der Waals surface area contributed by atoms with E-state index >= 15 is 0 Å². The molecular weight excluding hydrogens is 226 g/mol. The summed E-state index contributed by atoms with van der Waals surface area (Å²) in [5.41, 5.74) is 2.47. The highest BCUT2D eigenvalue weighted by molar-refractivity contribution is 5.72. The number of rotatable bonds is 7. The molecule has 0 spiro atoms. The molecule has 2 N–H and O–H groups in total. The quantitative estimate of drug-likeness (QED) is 0.780. The third-order valence-electron chi connectivity index (χ3n) is 3.17. The third kappa shape index (κ3) is 4.49. The van der Waals surface area contributed by atoms with Gasteiger partial charge >= 0.3 is 5.97 Å². The lowest BCUT2D eigenvalue weighted by atomic mass is 10.0. The van der Waals surface area contributed by atoms with Crippen molar-refractivity contribution in [2.45, 2.75) is 52.1 Å². The van der Waals surface area contributed by atoms with E-state index in [1.54, 1.807) is 6.92 Å². The van der Waals surface area contributed by atoms with Gasteiger partial charge in [0.1, 0.15) is 6.04 Å². The molecule has 0 saturated heterocycles. The van der Waals surface area contributed by atoms with Gasteiger partial charge in [0.25, 0.3) is 0 Å². The molecule has 1 aromatic rings. The van der Waals surface area contributed by atoms with E-state index in [0.717, 1.165) is 12.0 Å². The number of unbranched alkanes of at least 4 members (excludes halogenated alkanes) is 1. The first kappa shape index (κ1) is 14.7. The number of nitrogens with one attached hydrogen (secondary N) is 1. The molecule has 0 amide bonds. The van der Waals surface area contributed by atoms with Crippen molar-refractivity contribution < 1.29 is 9.90 Å². The van der Waals surface area contributed by atoms with Gasteiger partial charge in [0.05, 0.1) is 0 Å². The fourth-order valence-electron chi connectivity index (χ4n) is 1.90. The van der Waals surface area contributed by atoms with Crippen LogP contribution >= 0.6 is 0 Å². The first-order valence-electron chi connectivity index (χ1n) is 6.62. The van der Waals surface area contributed by atoms with Crippen LogP contribution in [-0.2, 0) is 11.2 Å². The van der Waals surface area contributed by atoms with E-state index in [0.29, 0.717) is 0 Å². The van der Waals surface area contributed by atoms with Crippen LogP contribution in [0.25, 0.3) is 0 Å². The Kier molecular flexibility index (Phi) is 5.86. The maximum absolute atomic E-state index is 10.8. The maximum Gasteiger partial charge on any atom is 0.320 e. The van der Waals surface area contributed by atoms with Gasteiger partial charge in [-0.1, -0.05) is 37.6 Å². The van der Waals surface area contributed by atoms with Crippen LogP contribution in [0.15, 0.2) is 24.3 Å². The largest absolute Gasteiger partial charge is 0.480 e. The number of carbonyl (C=O) groups is 1. The van der Waals surface area contributed by atoms with Crippen LogP contribution in [0.4, 0.5) is 0 Å². The smallest absolute Gasteiger partial charge is 0.320 e. The zero-order chi connectivity index (χ0) is 13.5. The second-order valence-corrected chi connectivity index (χ2v) is 4.79. The summed E-state index contributed by atoms with van der Waals surface area (Å²) < 4.78 is 0.